The second-order valence-corrected chi connectivity index (χ2v) is 8.01. The normalized spacial score (nSPS) is 30.1. The Morgan fingerprint density at radius 3 is 2.67 bits per heavy atom. The Balaban J connectivity index is 1.45. The van der Waals surface area contributed by atoms with Gasteiger partial charge in [0.25, 0.3) is 0 Å². The van der Waals surface area contributed by atoms with Gasteiger partial charge >= 0.3 is 0 Å². The van der Waals surface area contributed by atoms with Crippen molar-refractivity contribution >= 4 is 0 Å². The van der Waals surface area contributed by atoms with Gasteiger partial charge in [-0.05, 0) is 57.6 Å². The van der Waals surface area contributed by atoms with Crippen LogP contribution in [0.3, 0.4) is 0 Å². The van der Waals surface area contributed by atoms with Crippen molar-refractivity contribution in [3.63, 3.8) is 0 Å². The first-order valence-electron chi connectivity index (χ1n) is 9.71. The minimum absolute atomic E-state index is 0.274. The molecule has 0 aliphatic heterocycles. The van der Waals surface area contributed by atoms with Crippen LogP contribution in [0.2, 0.25) is 0 Å². The average molecular weight is 371 g/mol. The number of pyridine rings is 1. The number of aliphatic hydroxyl groups is 1. The molecule has 144 valence electrons. The summed E-state index contributed by atoms with van der Waals surface area (Å²) >= 11 is 0. The van der Waals surface area contributed by atoms with E-state index in [1.165, 1.54) is 0 Å². The average Bonchev–Trinajstić information content (AvgIpc) is 3.43. The molecule has 0 aromatic carbocycles. The molecule has 0 spiro atoms. The van der Waals surface area contributed by atoms with E-state index in [1.807, 2.05) is 13.1 Å². The first-order valence-corrected chi connectivity index (χ1v) is 9.71. The molecule has 6 heteroatoms. The Morgan fingerprint density at radius 2 is 1.96 bits per heavy atom. The Labute approximate surface area is 159 Å². The SMILES string of the molecule is Cc1ccc([C@H]2C[C@@H]2COc2nc(C)ncc2C2(F)CCC(O)CC2)nc1. The van der Waals surface area contributed by atoms with E-state index in [0.717, 1.165) is 17.7 Å². The summed E-state index contributed by atoms with van der Waals surface area (Å²) in [5, 5.41) is 9.71. The monoisotopic (exact) mass is 371 g/mol. The molecule has 0 amide bonds. The minimum atomic E-state index is -1.52. The van der Waals surface area contributed by atoms with Crippen molar-refractivity contribution in [2.24, 2.45) is 5.92 Å². The second-order valence-electron chi connectivity index (χ2n) is 8.01. The van der Waals surface area contributed by atoms with Crippen LogP contribution in [-0.2, 0) is 5.67 Å². The van der Waals surface area contributed by atoms with Crippen LogP contribution in [0.25, 0.3) is 0 Å². The van der Waals surface area contributed by atoms with Gasteiger partial charge in [0, 0.05) is 29.9 Å². The summed E-state index contributed by atoms with van der Waals surface area (Å²) in [6.45, 7) is 4.31. The molecule has 2 aromatic heterocycles. The third-order valence-electron chi connectivity index (χ3n) is 5.78. The number of rotatable bonds is 5. The highest BCUT2D eigenvalue weighted by Crippen LogP contribution is 2.48. The lowest BCUT2D eigenvalue weighted by molar-refractivity contribution is 0.0285. The van der Waals surface area contributed by atoms with Gasteiger partial charge in [-0.1, -0.05) is 6.07 Å². The number of halogens is 1. The van der Waals surface area contributed by atoms with Gasteiger partial charge in [0.05, 0.1) is 18.3 Å². The van der Waals surface area contributed by atoms with Crippen LogP contribution in [0.15, 0.2) is 24.5 Å². The summed E-state index contributed by atoms with van der Waals surface area (Å²) in [6, 6.07) is 4.15. The number of alkyl halides is 1. The van der Waals surface area contributed by atoms with E-state index < -0.39 is 11.8 Å². The topological polar surface area (TPSA) is 68.1 Å². The van der Waals surface area contributed by atoms with Crippen molar-refractivity contribution in [1.82, 2.24) is 15.0 Å². The van der Waals surface area contributed by atoms with Gasteiger partial charge in [0.2, 0.25) is 5.88 Å². The van der Waals surface area contributed by atoms with E-state index in [9.17, 15) is 5.11 Å². The fourth-order valence-electron chi connectivity index (χ4n) is 3.87. The summed E-state index contributed by atoms with van der Waals surface area (Å²) in [4.78, 5) is 13.1. The van der Waals surface area contributed by atoms with Crippen LogP contribution in [0.4, 0.5) is 4.39 Å². The van der Waals surface area contributed by atoms with Gasteiger partial charge in [-0.25, -0.2) is 9.37 Å². The zero-order valence-electron chi connectivity index (χ0n) is 15.9. The van der Waals surface area contributed by atoms with Gasteiger partial charge in [0.1, 0.15) is 11.5 Å². The maximum Gasteiger partial charge on any atom is 0.223 e. The number of hydrogen-bond acceptors (Lipinski definition) is 5. The first kappa shape index (κ1) is 18.3. The van der Waals surface area contributed by atoms with E-state index in [4.69, 9.17) is 4.74 Å². The summed E-state index contributed by atoms with van der Waals surface area (Å²) in [5.41, 5.74) is 1.14. The van der Waals surface area contributed by atoms with E-state index in [1.54, 1.807) is 13.1 Å². The maximum atomic E-state index is 15.5. The summed E-state index contributed by atoms with van der Waals surface area (Å²) < 4.78 is 21.5. The molecule has 2 aliphatic carbocycles. The van der Waals surface area contributed by atoms with Crippen LogP contribution >= 0.6 is 0 Å². The lowest BCUT2D eigenvalue weighted by Crippen LogP contribution is -2.30. The molecule has 2 aliphatic rings. The Hall–Kier alpha value is -2.08. The second kappa shape index (κ2) is 7.15. The summed E-state index contributed by atoms with van der Waals surface area (Å²) in [6.07, 6.45) is 5.51. The largest absolute Gasteiger partial charge is 0.477 e. The number of ether oxygens (including phenoxy) is 1. The molecule has 0 saturated heterocycles. The highest BCUT2D eigenvalue weighted by atomic mass is 19.1. The van der Waals surface area contributed by atoms with E-state index in [2.05, 4.69) is 27.1 Å². The fraction of sp³-hybridized carbons (Fsp3) is 0.571. The first-order chi connectivity index (χ1) is 12.9. The van der Waals surface area contributed by atoms with Crippen molar-refractivity contribution < 1.29 is 14.2 Å². The van der Waals surface area contributed by atoms with Crippen LogP contribution in [0.1, 0.15) is 60.7 Å². The summed E-state index contributed by atoms with van der Waals surface area (Å²) in [5.74, 6) is 1.71. The molecule has 2 aromatic rings. The Morgan fingerprint density at radius 1 is 1.19 bits per heavy atom. The van der Waals surface area contributed by atoms with Crippen molar-refractivity contribution in [1.29, 1.82) is 0 Å². The van der Waals surface area contributed by atoms with Gasteiger partial charge in [-0.2, -0.15) is 4.98 Å². The van der Waals surface area contributed by atoms with Crippen molar-refractivity contribution in [2.45, 2.75) is 63.6 Å². The number of nitrogens with zero attached hydrogens (tertiary/aromatic N) is 3. The molecule has 2 fully saturated rings. The lowest BCUT2D eigenvalue weighted by atomic mass is 9.81. The predicted octanol–water partition coefficient (Wildman–Crippen LogP) is 3.77. The van der Waals surface area contributed by atoms with E-state index in [0.29, 0.717) is 48.6 Å². The zero-order chi connectivity index (χ0) is 19.0. The van der Waals surface area contributed by atoms with Crippen LogP contribution in [0, 0.1) is 19.8 Å². The van der Waals surface area contributed by atoms with E-state index in [-0.39, 0.29) is 12.8 Å². The molecule has 1 N–H and O–H groups in total. The molecular weight excluding hydrogens is 345 g/mol. The van der Waals surface area contributed by atoms with Crippen molar-refractivity contribution in [3.8, 4) is 5.88 Å². The molecule has 2 saturated carbocycles. The van der Waals surface area contributed by atoms with Crippen molar-refractivity contribution in [3.05, 3.63) is 47.2 Å². The van der Waals surface area contributed by atoms with Crippen LogP contribution < -0.4 is 4.74 Å². The molecule has 0 radical (unpaired) electrons. The maximum absolute atomic E-state index is 15.5. The quantitative estimate of drug-likeness (QED) is 0.866. The molecule has 2 atom stereocenters. The van der Waals surface area contributed by atoms with Gasteiger partial charge in [-0.3, -0.25) is 4.98 Å². The lowest BCUT2D eigenvalue weighted by Gasteiger charge is -2.32. The smallest absolute Gasteiger partial charge is 0.223 e. The molecule has 0 bridgehead atoms. The molecule has 27 heavy (non-hydrogen) atoms. The predicted molar refractivity (Wildman–Crippen MR) is 99.3 cm³/mol. The molecule has 5 nitrogen and oxygen atoms in total. The van der Waals surface area contributed by atoms with Gasteiger partial charge < -0.3 is 9.84 Å². The number of aliphatic hydroxyl groups excluding tert-OH is 1. The van der Waals surface area contributed by atoms with Crippen LogP contribution in [0.5, 0.6) is 5.88 Å². The molecule has 4 rings (SSSR count). The standard InChI is InChI=1S/C21H26FN3O2/c1-13-3-4-19(24-10-13)17-9-15(17)12-27-20-18(11-23-14(2)25-20)21(22)7-5-16(26)6-8-21/h3-4,10-11,15-17,26H,5-9,12H2,1-2H3/t15-,16?,17+,21?/m1/s1. The number of aryl methyl sites for hydroxylation is 2. The molecule has 0 unspecified atom stereocenters. The Bertz CT molecular complexity index is 804. The fourth-order valence-corrected chi connectivity index (χ4v) is 3.87. The van der Waals surface area contributed by atoms with E-state index >= 15 is 4.39 Å². The highest BCUT2D eigenvalue weighted by Gasteiger charge is 2.42. The van der Waals surface area contributed by atoms with Gasteiger partial charge in [0.15, 0.2) is 0 Å². The molecule has 2 heterocycles. The zero-order valence-corrected chi connectivity index (χ0v) is 15.9. The van der Waals surface area contributed by atoms with Crippen LogP contribution in [-0.4, -0.2) is 32.8 Å². The third-order valence-corrected chi connectivity index (χ3v) is 5.78. The third kappa shape index (κ3) is 3.95. The number of aromatic nitrogens is 3. The minimum Gasteiger partial charge on any atom is -0.477 e. The summed E-state index contributed by atoms with van der Waals surface area (Å²) in [7, 11) is 0. The van der Waals surface area contributed by atoms with Gasteiger partial charge in [-0.15, -0.1) is 0 Å². The number of hydrogen-bond donors (Lipinski definition) is 1. The Kier molecular flexibility index (Phi) is 4.84. The highest BCUT2D eigenvalue weighted by molar-refractivity contribution is 5.31. The molecular formula is C21H26FN3O2. The van der Waals surface area contributed by atoms with Crippen molar-refractivity contribution in [2.75, 3.05) is 6.61 Å².